The van der Waals surface area contributed by atoms with Crippen molar-refractivity contribution in [2.75, 3.05) is 45.1 Å². The second-order valence-electron chi connectivity index (χ2n) is 8.27. The summed E-state index contributed by atoms with van der Waals surface area (Å²) in [6, 6.07) is 3.33. The number of fused-ring (bicyclic) bond motifs is 1. The summed E-state index contributed by atoms with van der Waals surface area (Å²) in [4.78, 5) is 25.9. The number of anilines is 2. The molecule has 0 bridgehead atoms. The van der Waals surface area contributed by atoms with E-state index in [4.69, 9.17) is 47.4 Å². The number of pyridine rings is 1. The van der Waals surface area contributed by atoms with Gasteiger partial charge in [0, 0.05) is 43.3 Å². The zero-order chi connectivity index (χ0) is 25.8. The summed E-state index contributed by atoms with van der Waals surface area (Å²) in [5.41, 5.74) is 1.59. The van der Waals surface area contributed by atoms with Crippen LogP contribution in [0.1, 0.15) is 12.8 Å². The first kappa shape index (κ1) is 25.9. The number of nitrogens with zero attached hydrogens (tertiary/aromatic N) is 3. The fourth-order valence-electron chi connectivity index (χ4n) is 4.22. The summed E-state index contributed by atoms with van der Waals surface area (Å²) < 4.78 is 16.4. The summed E-state index contributed by atoms with van der Waals surface area (Å²) in [7, 11) is 4.79. The molecule has 2 atom stereocenters. The number of carbonyl (C=O) groups is 1. The van der Waals surface area contributed by atoms with Crippen LogP contribution in [0.25, 0.3) is 22.2 Å². The van der Waals surface area contributed by atoms with Gasteiger partial charge in [-0.3, -0.25) is 4.79 Å². The molecule has 0 unspecified atom stereocenters. The molecule has 2 N–H and O–H groups in total. The number of ketones is 1. The summed E-state index contributed by atoms with van der Waals surface area (Å²) in [6.45, 7) is 4.65. The van der Waals surface area contributed by atoms with Gasteiger partial charge >= 0.3 is 0 Å². The molecule has 2 aromatic heterocycles. The van der Waals surface area contributed by atoms with Crippen LogP contribution in [0.15, 0.2) is 31.0 Å². The quantitative estimate of drug-likeness (QED) is 0.368. The Labute approximate surface area is 219 Å². The van der Waals surface area contributed by atoms with Crippen LogP contribution in [0.3, 0.4) is 0 Å². The number of allylic oxidation sites excluding steroid dienone is 1. The molecule has 4 rings (SSSR count). The highest BCUT2D eigenvalue weighted by Crippen LogP contribution is 2.46. The van der Waals surface area contributed by atoms with Gasteiger partial charge < -0.3 is 24.8 Å². The summed E-state index contributed by atoms with van der Waals surface area (Å²) in [5.74, 6) is 1.86. The van der Waals surface area contributed by atoms with Gasteiger partial charge in [-0.2, -0.15) is 0 Å². The van der Waals surface area contributed by atoms with Gasteiger partial charge in [-0.25, -0.2) is 15.0 Å². The molecule has 3 heterocycles. The number of aromatic nitrogens is 3. The maximum Gasteiger partial charge on any atom is 0.223 e. The number of rotatable bonds is 9. The van der Waals surface area contributed by atoms with E-state index in [1.54, 1.807) is 25.4 Å². The van der Waals surface area contributed by atoms with Crippen molar-refractivity contribution in [3.05, 3.63) is 41.0 Å². The van der Waals surface area contributed by atoms with Crippen molar-refractivity contribution in [3.8, 4) is 22.8 Å². The molecule has 9 nitrogen and oxygen atoms in total. The van der Waals surface area contributed by atoms with Gasteiger partial charge in [0.15, 0.2) is 11.6 Å². The Morgan fingerprint density at radius 3 is 2.58 bits per heavy atom. The average Bonchev–Trinajstić information content (AvgIpc) is 2.89. The number of hydrogen-bond donors (Lipinski definition) is 2. The zero-order valence-electron chi connectivity index (χ0n) is 20.2. The van der Waals surface area contributed by atoms with Crippen molar-refractivity contribution >= 4 is 51.7 Å². The topological polar surface area (TPSA) is 107 Å². The van der Waals surface area contributed by atoms with Crippen molar-refractivity contribution in [3.63, 3.8) is 0 Å². The SMILES string of the molecule is C=CC(=O)C[C@H]1CCOC[C@H]1Nc1ncc2cc(-c3c(Cl)c(OC)cc(OC)c3Cl)nc(NC)c2n1. The summed E-state index contributed by atoms with van der Waals surface area (Å²) in [6.07, 6.45) is 4.22. The van der Waals surface area contributed by atoms with Crippen molar-refractivity contribution in [2.24, 2.45) is 5.92 Å². The molecule has 36 heavy (non-hydrogen) atoms. The van der Waals surface area contributed by atoms with E-state index in [9.17, 15) is 4.79 Å². The van der Waals surface area contributed by atoms with E-state index in [1.165, 1.54) is 20.3 Å². The molecule has 0 aliphatic carbocycles. The number of hydrogen-bond acceptors (Lipinski definition) is 9. The van der Waals surface area contributed by atoms with Crippen LogP contribution in [-0.2, 0) is 9.53 Å². The Kier molecular flexibility index (Phi) is 8.13. The van der Waals surface area contributed by atoms with Crippen LogP contribution in [0.4, 0.5) is 11.8 Å². The smallest absolute Gasteiger partial charge is 0.223 e. The highest BCUT2D eigenvalue weighted by atomic mass is 35.5. The average molecular weight is 532 g/mol. The molecule has 3 aromatic rings. The van der Waals surface area contributed by atoms with E-state index in [1.807, 2.05) is 0 Å². The number of methoxy groups -OCH3 is 2. The van der Waals surface area contributed by atoms with Crippen molar-refractivity contribution in [1.29, 1.82) is 0 Å². The van der Waals surface area contributed by atoms with E-state index in [0.29, 0.717) is 69.7 Å². The van der Waals surface area contributed by atoms with Crippen LogP contribution in [0.2, 0.25) is 10.0 Å². The standard InChI is InChI=1S/C25H27Cl2N5O4/c1-5-15(33)8-13-6-7-36-12-17(13)31-25-29-11-14-9-16(30-24(28-2)23(14)32-25)20-21(26)18(34-3)10-19(35-4)22(20)27/h5,9-11,13,17H,1,6-8,12H2,2-4H3,(H,28,30)(H,29,31,32)/t13-,17-/m1/s1. The second kappa shape index (κ2) is 11.3. The molecule has 0 amide bonds. The molecule has 0 radical (unpaired) electrons. The third-order valence-electron chi connectivity index (χ3n) is 6.14. The van der Waals surface area contributed by atoms with Crippen LogP contribution < -0.4 is 20.1 Å². The molecule has 1 aromatic carbocycles. The van der Waals surface area contributed by atoms with Gasteiger partial charge in [-0.15, -0.1) is 0 Å². The lowest BCUT2D eigenvalue weighted by atomic mass is 9.90. The fourth-order valence-corrected chi connectivity index (χ4v) is 4.91. The molecular weight excluding hydrogens is 505 g/mol. The Balaban J connectivity index is 1.72. The highest BCUT2D eigenvalue weighted by molar-refractivity contribution is 6.41. The zero-order valence-corrected chi connectivity index (χ0v) is 21.7. The van der Waals surface area contributed by atoms with Gasteiger partial charge in [-0.05, 0) is 24.5 Å². The second-order valence-corrected chi connectivity index (χ2v) is 9.03. The number of benzene rings is 1. The van der Waals surface area contributed by atoms with Gasteiger partial charge in [0.25, 0.3) is 0 Å². The molecule has 190 valence electrons. The maximum absolute atomic E-state index is 11.9. The Hall–Kier alpha value is -3.14. The maximum atomic E-state index is 11.9. The lowest BCUT2D eigenvalue weighted by Crippen LogP contribution is -2.40. The molecule has 11 heteroatoms. The van der Waals surface area contributed by atoms with Crippen LogP contribution in [-0.4, -0.2) is 61.3 Å². The number of carbonyl (C=O) groups excluding carboxylic acids is 1. The summed E-state index contributed by atoms with van der Waals surface area (Å²) in [5, 5.41) is 7.78. The minimum absolute atomic E-state index is 0.00817. The minimum atomic E-state index is -0.104. The third kappa shape index (κ3) is 5.18. The van der Waals surface area contributed by atoms with E-state index < -0.39 is 0 Å². The minimum Gasteiger partial charge on any atom is -0.495 e. The lowest BCUT2D eigenvalue weighted by molar-refractivity contribution is -0.116. The molecule has 1 aliphatic rings. The Morgan fingerprint density at radius 1 is 1.22 bits per heavy atom. The molecule has 0 saturated carbocycles. The molecule has 1 saturated heterocycles. The number of nitrogens with one attached hydrogen (secondary N) is 2. The molecule has 1 fully saturated rings. The van der Waals surface area contributed by atoms with Gasteiger partial charge in [0.05, 0.1) is 42.6 Å². The number of ether oxygens (including phenoxy) is 3. The van der Waals surface area contributed by atoms with E-state index >= 15 is 0 Å². The Morgan fingerprint density at radius 2 is 1.94 bits per heavy atom. The predicted octanol–water partition coefficient (Wildman–Crippen LogP) is 5.02. The van der Waals surface area contributed by atoms with Gasteiger partial charge in [0.2, 0.25) is 5.95 Å². The van der Waals surface area contributed by atoms with E-state index in [2.05, 4.69) is 22.2 Å². The monoisotopic (exact) mass is 531 g/mol. The van der Waals surface area contributed by atoms with Gasteiger partial charge in [-0.1, -0.05) is 29.8 Å². The molecule has 0 spiro atoms. The first-order valence-corrected chi connectivity index (χ1v) is 12.1. The third-order valence-corrected chi connectivity index (χ3v) is 6.89. The van der Waals surface area contributed by atoms with E-state index in [0.717, 1.165) is 11.8 Å². The van der Waals surface area contributed by atoms with Crippen LogP contribution in [0, 0.1) is 5.92 Å². The van der Waals surface area contributed by atoms with Crippen LogP contribution in [0.5, 0.6) is 11.5 Å². The largest absolute Gasteiger partial charge is 0.495 e. The first-order valence-electron chi connectivity index (χ1n) is 11.4. The summed E-state index contributed by atoms with van der Waals surface area (Å²) >= 11 is 13.2. The number of halogens is 2. The normalized spacial score (nSPS) is 17.5. The van der Waals surface area contributed by atoms with Crippen molar-refractivity contribution < 1.29 is 19.0 Å². The van der Waals surface area contributed by atoms with Crippen molar-refractivity contribution in [2.45, 2.75) is 18.9 Å². The Bertz CT molecular complexity index is 1280. The highest BCUT2D eigenvalue weighted by Gasteiger charge is 2.28. The van der Waals surface area contributed by atoms with Crippen molar-refractivity contribution in [1.82, 2.24) is 15.0 Å². The molecule has 1 aliphatic heterocycles. The fraction of sp³-hybridized carbons (Fsp3) is 0.360. The van der Waals surface area contributed by atoms with E-state index in [-0.39, 0.29) is 17.7 Å². The van der Waals surface area contributed by atoms with Crippen LogP contribution >= 0.6 is 23.2 Å². The lowest BCUT2D eigenvalue weighted by Gasteiger charge is -2.31. The van der Waals surface area contributed by atoms with Gasteiger partial charge in [0.1, 0.15) is 17.0 Å². The predicted molar refractivity (Wildman–Crippen MR) is 142 cm³/mol. The molecular formula is C25H27Cl2N5O4. The first-order chi connectivity index (χ1) is 17.4.